The van der Waals surface area contributed by atoms with E-state index in [1.165, 1.54) is 0 Å². The fraction of sp³-hybridized carbons (Fsp3) is 0.360. The van der Waals surface area contributed by atoms with E-state index in [9.17, 15) is 9.59 Å². The van der Waals surface area contributed by atoms with Gasteiger partial charge in [-0.05, 0) is 43.0 Å². The molecule has 0 bridgehead atoms. The number of aromatic nitrogens is 1. The number of benzene rings is 2. The van der Waals surface area contributed by atoms with Crippen LogP contribution in [0.3, 0.4) is 0 Å². The summed E-state index contributed by atoms with van der Waals surface area (Å²) in [4.78, 5) is 30.4. The molecule has 1 aliphatic rings. The fourth-order valence-electron chi connectivity index (χ4n) is 4.23. The van der Waals surface area contributed by atoms with E-state index in [1.54, 1.807) is 20.3 Å². The molecule has 2 aromatic carbocycles. The molecule has 0 unspecified atom stereocenters. The highest BCUT2D eigenvalue weighted by molar-refractivity contribution is 5.98. The van der Waals surface area contributed by atoms with Gasteiger partial charge in [0.2, 0.25) is 5.91 Å². The van der Waals surface area contributed by atoms with Crippen molar-refractivity contribution in [3.05, 3.63) is 59.8 Å². The molecule has 32 heavy (non-hydrogen) atoms. The fourth-order valence-corrected chi connectivity index (χ4v) is 4.23. The van der Waals surface area contributed by atoms with Crippen molar-refractivity contribution in [3.63, 3.8) is 0 Å². The summed E-state index contributed by atoms with van der Waals surface area (Å²) in [5.41, 5.74) is 2.49. The standard InChI is InChI=1S/C25H29N3O4/c1-31-20-8-7-19(23(15-20)32-2)16-26-24(29)13-17-9-11-28(12-10-17)25(30)22-14-18-5-3-4-6-21(18)27-22/h3-8,14-15,17,27H,9-13,16H2,1-2H3,(H,26,29). The highest BCUT2D eigenvalue weighted by atomic mass is 16.5. The number of nitrogens with one attached hydrogen (secondary N) is 2. The van der Waals surface area contributed by atoms with Crippen LogP contribution in [0.25, 0.3) is 10.9 Å². The molecule has 1 saturated heterocycles. The van der Waals surface area contributed by atoms with Crippen LogP contribution in [0.1, 0.15) is 35.3 Å². The van der Waals surface area contributed by atoms with Gasteiger partial charge in [0, 0.05) is 48.6 Å². The summed E-state index contributed by atoms with van der Waals surface area (Å²) < 4.78 is 10.6. The van der Waals surface area contributed by atoms with Gasteiger partial charge >= 0.3 is 0 Å². The van der Waals surface area contributed by atoms with Crippen LogP contribution in [-0.4, -0.2) is 49.0 Å². The summed E-state index contributed by atoms with van der Waals surface area (Å²) in [6, 6.07) is 15.3. The predicted octanol–water partition coefficient (Wildman–Crippen LogP) is 3.74. The van der Waals surface area contributed by atoms with Crippen LogP contribution in [0.4, 0.5) is 0 Å². The second kappa shape index (κ2) is 9.77. The molecule has 4 rings (SSSR count). The maximum absolute atomic E-state index is 12.9. The molecule has 0 atom stereocenters. The van der Waals surface area contributed by atoms with E-state index in [0.717, 1.165) is 29.3 Å². The summed E-state index contributed by atoms with van der Waals surface area (Å²) in [6.45, 7) is 1.74. The number of rotatable bonds is 7. The minimum atomic E-state index is 0.0169. The summed E-state index contributed by atoms with van der Waals surface area (Å²) in [5, 5.41) is 4.03. The van der Waals surface area contributed by atoms with Crippen LogP contribution < -0.4 is 14.8 Å². The number of amides is 2. The van der Waals surface area contributed by atoms with Gasteiger partial charge in [0.1, 0.15) is 17.2 Å². The lowest BCUT2D eigenvalue weighted by Crippen LogP contribution is -2.39. The van der Waals surface area contributed by atoms with Gasteiger partial charge in [-0.15, -0.1) is 0 Å². The largest absolute Gasteiger partial charge is 0.497 e. The van der Waals surface area contributed by atoms with Crippen LogP contribution in [0, 0.1) is 5.92 Å². The first-order valence-electron chi connectivity index (χ1n) is 10.9. The van der Waals surface area contributed by atoms with Crippen molar-refractivity contribution in [2.24, 2.45) is 5.92 Å². The second-order valence-corrected chi connectivity index (χ2v) is 8.16. The Morgan fingerprint density at radius 3 is 2.56 bits per heavy atom. The number of carbonyl (C=O) groups is 2. The van der Waals surface area contributed by atoms with Crippen molar-refractivity contribution in [1.82, 2.24) is 15.2 Å². The van der Waals surface area contributed by atoms with Crippen LogP contribution in [-0.2, 0) is 11.3 Å². The molecule has 1 aromatic heterocycles. The lowest BCUT2D eigenvalue weighted by molar-refractivity contribution is -0.122. The van der Waals surface area contributed by atoms with Gasteiger partial charge in [0.05, 0.1) is 14.2 Å². The number of ether oxygens (including phenoxy) is 2. The van der Waals surface area contributed by atoms with Crippen LogP contribution in [0.5, 0.6) is 11.5 Å². The SMILES string of the molecule is COc1ccc(CNC(=O)CC2CCN(C(=O)c3cc4ccccc4[nH]3)CC2)c(OC)c1. The minimum Gasteiger partial charge on any atom is -0.497 e. The van der Waals surface area contributed by atoms with Gasteiger partial charge < -0.3 is 24.7 Å². The Morgan fingerprint density at radius 1 is 1.06 bits per heavy atom. The number of fused-ring (bicyclic) bond motifs is 1. The summed E-state index contributed by atoms with van der Waals surface area (Å²) in [7, 11) is 3.21. The van der Waals surface area contributed by atoms with E-state index in [1.807, 2.05) is 47.4 Å². The third kappa shape index (κ3) is 4.88. The van der Waals surface area contributed by atoms with Crippen molar-refractivity contribution in [3.8, 4) is 11.5 Å². The van der Waals surface area contributed by atoms with Crippen molar-refractivity contribution in [2.75, 3.05) is 27.3 Å². The first kappa shape index (κ1) is 21.7. The van der Waals surface area contributed by atoms with E-state index in [4.69, 9.17) is 9.47 Å². The third-order valence-electron chi connectivity index (χ3n) is 6.11. The summed E-state index contributed by atoms with van der Waals surface area (Å²) >= 11 is 0. The Labute approximate surface area is 187 Å². The molecule has 1 fully saturated rings. The Bertz CT molecular complexity index is 1070. The number of H-pyrrole nitrogens is 1. The topological polar surface area (TPSA) is 83.7 Å². The van der Waals surface area contributed by atoms with Crippen LogP contribution in [0.2, 0.25) is 0 Å². The molecule has 2 amide bonds. The molecule has 0 spiro atoms. The van der Waals surface area contributed by atoms with Gasteiger partial charge in [-0.3, -0.25) is 9.59 Å². The number of carbonyl (C=O) groups excluding carboxylic acids is 2. The first-order valence-corrected chi connectivity index (χ1v) is 10.9. The maximum atomic E-state index is 12.9. The van der Waals surface area contributed by atoms with Gasteiger partial charge in [-0.1, -0.05) is 18.2 Å². The molecule has 2 heterocycles. The zero-order valence-corrected chi connectivity index (χ0v) is 18.5. The molecule has 3 aromatic rings. The van der Waals surface area contributed by atoms with Crippen molar-refractivity contribution < 1.29 is 19.1 Å². The lowest BCUT2D eigenvalue weighted by atomic mass is 9.93. The number of methoxy groups -OCH3 is 2. The Morgan fingerprint density at radius 2 is 1.84 bits per heavy atom. The number of likely N-dealkylation sites (tertiary alicyclic amines) is 1. The van der Waals surface area contributed by atoms with E-state index in [2.05, 4.69) is 10.3 Å². The average Bonchev–Trinajstić information content (AvgIpc) is 3.27. The zero-order valence-electron chi connectivity index (χ0n) is 18.5. The van der Waals surface area contributed by atoms with Gasteiger partial charge in [0.25, 0.3) is 5.91 Å². The zero-order chi connectivity index (χ0) is 22.5. The molecule has 0 saturated carbocycles. The molecule has 7 nitrogen and oxygen atoms in total. The number of piperidine rings is 1. The van der Waals surface area contributed by atoms with E-state index in [-0.39, 0.29) is 17.7 Å². The highest BCUT2D eigenvalue weighted by Gasteiger charge is 2.26. The molecular formula is C25H29N3O4. The van der Waals surface area contributed by atoms with Crippen LogP contribution >= 0.6 is 0 Å². The van der Waals surface area contributed by atoms with Crippen molar-refractivity contribution >= 4 is 22.7 Å². The molecule has 2 N–H and O–H groups in total. The van der Waals surface area contributed by atoms with Gasteiger partial charge in [-0.2, -0.15) is 0 Å². The van der Waals surface area contributed by atoms with E-state index in [0.29, 0.717) is 43.2 Å². The minimum absolute atomic E-state index is 0.0169. The number of para-hydroxylation sites is 1. The summed E-state index contributed by atoms with van der Waals surface area (Å²) in [6.07, 6.45) is 2.11. The number of aromatic amines is 1. The Kier molecular flexibility index (Phi) is 6.63. The normalized spacial score (nSPS) is 14.4. The van der Waals surface area contributed by atoms with Gasteiger partial charge in [-0.25, -0.2) is 0 Å². The Balaban J connectivity index is 1.25. The van der Waals surface area contributed by atoms with Crippen LogP contribution in [0.15, 0.2) is 48.5 Å². The molecule has 0 aliphatic carbocycles. The molecule has 1 aliphatic heterocycles. The smallest absolute Gasteiger partial charge is 0.270 e. The predicted molar refractivity (Wildman–Crippen MR) is 123 cm³/mol. The number of hydrogen-bond donors (Lipinski definition) is 2. The lowest BCUT2D eigenvalue weighted by Gasteiger charge is -2.31. The first-order chi connectivity index (χ1) is 15.6. The van der Waals surface area contributed by atoms with E-state index >= 15 is 0 Å². The molecule has 0 radical (unpaired) electrons. The molecule has 168 valence electrons. The average molecular weight is 436 g/mol. The van der Waals surface area contributed by atoms with Crippen molar-refractivity contribution in [1.29, 1.82) is 0 Å². The highest BCUT2D eigenvalue weighted by Crippen LogP contribution is 2.25. The maximum Gasteiger partial charge on any atom is 0.270 e. The number of nitrogens with zero attached hydrogens (tertiary/aromatic N) is 1. The van der Waals surface area contributed by atoms with E-state index < -0.39 is 0 Å². The Hall–Kier alpha value is -3.48. The molecule has 7 heteroatoms. The summed E-state index contributed by atoms with van der Waals surface area (Å²) in [5.74, 6) is 1.72. The number of hydrogen-bond acceptors (Lipinski definition) is 4. The quantitative estimate of drug-likeness (QED) is 0.592. The molecular weight excluding hydrogens is 406 g/mol. The second-order valence-electron chi connectivity index (χ2n) is 8.16. The third-order valence-corrected chi connectivity index (χ3v) is 6.11. The van der Waals surface area contributed by atoms with Crippen molar-refractivity contribution in [2.45, 2.75) is 25.8 Å². The monoisotopic (exact) mass is 435 g/mol. The van der Waals surface area contributed by atoms with Gasteiger partial charge in [0.15, 0.2) is 0 Å².